The van der Waals surface area contributed by atoms with Crippen LogP contribution in [0.25, 0.3) is 0 Å². The molecule has 2 rings (SSSR count). The first-order valence-electron chi connectivity index (χ1n) is 6.24. The van der Waals surface area contributed by atoms with Crippen molar-refractivity contribution in [1.82, 2.24) is 4.90 Å². The molecule has 1 aliphatic heterocycles. The Hall–Kier alpha value is -1.21. The number of carboxylic acid groups (broad SMARTS) is 1. The third kappa shape index (κ3) is 2.93. The number of nitrogens with two attached hydrogens (primary N) is 1. The summed E-state index contributed by atoms with van der Waals surface area (Å²) in [5.41, 5.74) is 6.09. The maximum absolute atomic E-state index is 14.0. The Kier molecular flexibility index (Phi) is 4.59. The number of nitrogens with zero attached hydrogens (tertiary/aromatic N) is 1. The molecule has 0 aromatic heterocycles. The van der Waals surface area contributed by atoms with Gasteiger partial charge in [0.05, 0.1) is 16.6 Å². The summed E-state index contributed by atoms with van der Waals surface area (Å²) >= 11 is 3.07. The molecule has 1 amide bonds. The van der Waals surface area contributed by atoms with Gasteiger partial charge in [-0.25, -0.2) is 13.6 Å². The lowest BCUT2D eigenvalue weighted by atomic mass is 9.90. The highest BCUT2D eigenvalue weighted by atomic mass is 79.9. The summed E-state index contributed by atoms with van der Waals surface area (Å²) in [5, 5.41) is 9.16. The molecule has 0 spiro atoms. The minimum Gasteiger partial charge on any atom is -0.465 e. The predicted octanol–water partition coefficient (Wildman–Crippen LogP) is 2.55. The smallest absolute Gasteiger partial charge is 0.407 e. The van der Waals surface area contributed by atoms with Crippen molar-refractivity contribution in [3.8, 4) is 0 Å². The first kappa shape index (κ1) is 15.2. The lowest BCUT2D eigenvalue weighted by Gasteiger charge is -2.40. The number of piperidine rings is 1. The highest BCUT2D eigenvalue weighted by Gasteiger charge is 2.38. The molecule has 0 bridgehead atoms. The molecule has 1 heterocycles. The summed E-state index contributed by atoms with van der Waals surface area (Å²) in [5.74, 6) is -0.467. The normalized spacial score (nSPS) is 26.6. The number of likely N-dealkylation sites (tertiary alicyclic amines) is 1. The number of benzene rings is 1. The van der Waals surface area contributed by atoms with Crippen LogP contribution in [0.2, 0.25) is 0 Å². The van der Waals surface area contributed by atoms with Crippen LogP contribution < -0.4 is 5.73 Å². The minimum atomic E-state index is -1.27. The van der Waals surface area contributed by atoms with Gasteiger partial charge in [-0.15, -0.1) is 0 Å². The van der Waals surface area contributed by atoms with Crippen molar-refractivity contribution < 1.29 is 18.7 Å². The number of hydrogen-bond donors (Lipinski definition) is 2. The monoisotopic (exact) mass is 348 g/mol. The second kappa shape index (κ2) is 6.05. The Labute approximate surface area is 123 Å². The zero-order chi connectivity index (χ0) is 14.9. The number of alkyl halides is 1. The number of halogens is 3. The van der Waals surface area contributed by atoms with Gasteiger partial charge in [0, 0.05) is 6.54 Å². The Morgan fingerprint density at radius 1 is 1.55 bits per heavy atom. The van der Waals surface area contributed by atoms with Crippen LogP contribution in [0.5, 0.6) is 0 Å². The van der Waals surface area contributed by atoms with Crippen LogP contribution in [0, 0.1) is 5.82 Å². The second-order valence-corrected chi connectivity index (χ2v) is 5.70. The molecule has 1 aliphatic rings. The maximum atomic E-state index is 14.0. The Morgan fingerprint density at radius 3 is 2.90 bits per heavy atom. The number of hydrogen-bond acceptors (Lipinski definition) is 2. The van der Waals surface area contributed by atoms with Crippen molar-refractivity contribution in [1.29, 1.82) is 0 Å². The molecule has 1 saturated heterocycles. The van der Waals surface area contributed by atoms with Crippen molar-refractivity contribution in [3.05, 3.63) is 34.1 Å². The highest BCUT2D eigenvalue weighted by molar-refractivity contribution is 9.10. The molecule has 7 heteroatoms. The quantitative estimate of drug-likeness (QED) is 0.862. The molecule has 0 unspecified atom stereocenters. The van der Waals surface area contributed by atoms with Crippen molar-refractivity contribution >= 4 is 22.0 Å². The molecule has 0 aliphatic carbocycles. The van der Waals surface area contributed by atoms with Crippen LogP contribution in [-0.2, 0) is 6.42 Å². The topological polar surface area (TPSA) is 66.6 Å². The van der Waals surface area contributed by atoms with E-state index in [1.54, 1.807) is 18.2 Å². The standard InChI is InChI=1S/C13H15BrF2N2O2/c14-8-3-1-2-7(11(8)16)6-10-12(17)9(15)4-5-18(10)13(19)20/h1-3,9-10,12H,4-6,17H2,(H,19,20)/t9-,10-,12-/m1/s1. The van der Waals surface area contributed by atoms with Gasteiger partial charge in [0.2, 0.25) is 0 Å². The first-order chi connectivity index (χ1) is 9.41. The number of amides is 1. The van der Waals surface area contributed by atoms with Crippen molar-refractivity contribution in [3.63, 3.8) is 0 Å². The largest absolute Gasteiger partial charge is 0.465 e. The third-order valence-corrected chi connectivity index (χ3v) is 4.23. The molecular formula is C13H15BrF2N2O2. The Morgan fingerprint density at radius 2 is 2.25 bits per heavy atom. The molecule has 1 fully saturated rings. The summed E-state index contributed by atoms with van der Waals surface area (Å²) in [4.78, 5) is 12.3. The van der Waals surface area contributed by atoms with E-state index in [0.717, 1.165) is 4.90 Å². The van der Waals surface area contributed by atoms with Crippen LogP contribution in [0.15, 0.2) is 22.7 Å². The zero-order valence-electron chi connectivity index (χ0n) is 10.6. The highest BCUT2D eigenvalue weighted by Crippen LogP contribution is 2.26. The van der Waals surface area contributed by atoms with Crippen molar-refractivity contribution in [2.45, 2.75) is 31.1 Å². The van der Waals surface area contributed by atoms with Gasteiger partial charge in [-0.1, -0.05) is 12.1 Å². The summed E-state index contributed by atoms with van der Waals surface area (Å²) in [6.07, 6.45) is -2.30. The van der Waals surface area contributed by atoms with Gasteiger partial charge in [-0.05, 0) is 40.4 Å². The van der Waals surface area contributed by atoms with E-state index in [4.69, 9.17) is 10.8 Å². The average Bonchev–Trinajstić information content (AvgIpc) is 2.40. The van der Waals surface area contributed by atoms with E-state index in [0.29, 0.717) is 5.56 Å². The van der Waals surface area contributed by atoms with Gasteiger partial charge in [-0.2, -0.15) is 0 Å². The van der Waals surface area contributed by atoms with Crippen LogP contribution in [0.4, 0.5) is 13.6 Å². The van der Waals surface area contributed by atoms with E-state index in [1.165, 1.54) is 0 Å². The van der Waals surface area contributed by atoms with E-state index in [1.807, 2.05) is 0 Å². The molecule has 20 heavy (non-hydrogen) atoms. The Bertz CT molecular complexity index is 515. The fourth-order valence-electron chi connectivity index (χ4n) is 2.48. The van der Waals surface area contributed by atoms with Gasteiger partial charge in [-0.3, -0.25) is 0 Å². The van der Waals surface area contributed by atoms with Crippen LogP contribution >= 0.6 is 15.9 Å². The lowest BCUT2D eigenvalue weighted by Crippen LogP contribution is -2.59. The zero-order valence-corrected chi connectivity index (χ0v) is 12.2. The van der Waals surface area contributed by atoms with Gasteiger partial charge >= 0.3 is 6.09 Å². The molecule has 0 saturated carbocycles. The van der Waals surface area contributed by atoms with Gasteiger partial charge in [0.15, 0.2) is 0 Å². The molecule has 0 radical (unpaired) electrons. The first-order valence-corrected chi connectivity index (χ1v) is 7.03. The third-order valence-electron chi connectivity index (χ3n) is 3.61. The van der Waals surface area contributed by atoms with E-state index in [9.17, 15) is 13.6 Å². The maximum Gasteiger partial charge on any atom is 0.407 e. The van der Waals surface area contributed by atoms with Gasteiger partial charge in [0.25, 0.3) is 0 Å². The number of rotatable bonds is 2. The van der Waals surface area contributed by atoms with E-state index >= 15 is 0 Å². The molecule has 1 aromatic carbocycles. The molecular weight excluding hydrogens is 334 g/mol. The minimum absolute atomic E-state index is 0.0547. The van der Waals surface area contributed by atoms with E-state index in [2.05, 4.69) is 15.9 Å². The summed E-state index contributed by atoms with van der Waals surface area (Å²) in [6.45, 7) is 0.0739. The van der Waals surface area contributed by atoms with Crippen LogP contribution in [0.1, 0.15) is 12.0 Å². The van der Waals surface area contributed by atoms with Gasteiger partial charge in [0.1, 0.15) is 12.0 Å². The molecule has 3 atom stereocenters. The van der Waals surface area contributed by atoms with Crippen LogP contribution in [0.3, 0.4) is 0 Å². The molecule has 110 valence electrons. The van der Waals surface area contributed by atoms with E-state index in [-0.39, 0.29) is 23.9 Å². The predicted molar refractivity (Wildman–Crippen MR) is 73.8 cm³/mol. The second-order valence-electron chi connectivity index (χ2n) is 4.84. The van der Waals surface area contributed by atoms with Crippen molar-refractivity contribution in [2.75, 3.05) is 6.54 Å². The van der Waals surface area contributed by atoms with Gasteiger partial charge < -0.3 is 15.7 Å². The fourth-order valence-corrected chi connectivity index (χ4v) is 2.89. The number of carbonyl (C=O) groups is 1. The average molecular weight is 349 g/mol. The SMILES string of the molecule is N[C@@H]1[C@H](F)CCN(C(=O)O)[C@@H]1Cc1cccc(Br)c1F. The Balaban J connectivity index is 2.27. The molecule has 3 N–H and O–H groups in total. The van der Waals surface area contributed by atoms with Crippen molar-refractivity contribution in [2.24, 2.45) is 5.73 Å². The van der Waals surface area contributed by atoms with Crippen LogP contribution in [-0.4, -0.2) is 40.9 Å². The lowest BCUT2D eigenvalue weighted by molar-refractivity contribution is 0.0627. The fraction of sp³-hybridized carbons (Fsp3) is 0.462. The summed E-state index contributed by atoms with van der Waals surface area (Å²) < 4.78 is 28.0. The summed E-state index contributed by atoms with van der Waals surface area (Å²) in [7, 11) is 0. The summed E-state index contributed by atoms with van der Waals surface area (Å²) in [6, 6.07) is 3.04. The molecule has 1 aromatic rings. The van der Waals surface area contributed by atoms with E-state index < -0.39 is 30.2 Å². The molecule has 4 nitrogen and oxygen atoms in total.